The highest BCUT2D eigenvalue weighted by Crippen LogP contribution is 2.20. The Morgan fingerprint density at radius 1 is 1.16 bits per heavy atom. The molecule has 0 aliphatic carbocycles. The summed E-state index contributed by atoms with van der Waals surface area (Å²) in [7, 11) is 1.36. The second-order valence-electron chi connectivity index (χ2n) is 4.04. The van der Waals surface area contributed by atoms with Gasteiger partial charge in [0, 0.05) is 12.3 Å². The van der Waals surface area contributed by atoms with Crippen LogP contribution >= 0.6 is 0 Å². The lowest BCUT2D eigenvalue weighted by Crippen LogP contribution is -2.05. The van der Waals surface area contributed by atoms with Gasteiger partial charge in [0.05, 0.1) is 12.7 Å². The number of nitrogens with zero attached hydrogens (tertiary/aromatic N) is 1. The second-order valence-corrected chi connectivity index (χ2v) is 4.04. The van der Waals surface area contributed by atoms with Gasteiger partial charge in [-0.25, -0.2) is 9.78 Å². The molecule has 0 bridgehead atoms. The number of aromatic nitrogens is 1. The molecule has 0 amide bonds. The van der Waals surface area contributed by atoms with Gasteiger partial charge in [0.25, 0.3) is 0 Å². The van der Waals surface area contributed by atoms with Crippen LogP contribution in [0.3, 0.4) is 0 Å². The number of rotatable bonds is 4. The van der Waals surface area contributed by atoms with Gasteiger partial charge in [0.2, 0.25) is 5.88 Å². The molecule has 2 rings (SSSR count). The molecular formula is C15H15NO3. The fourth-order valence-electron chi connectivity index (χ4n) is 1.67. The lowest BCUT2D eigenvalue weighted by atomic mass is 10.1. The quantitative estimate of drug-likeness (QED) is 0.790. The molecule has 0 saturated carbocycles. The van der Waals surface area contributed by atoms with E-state index < -0.39 is 0 Å². The van der Waals surface area contributed by atoms with E-state index in [1.54, 1.807) is 24.4 Å². The van der Waals surface area contributed by atoms with Gasteiger partial charge in [-0.3, -0.25) is 0 Å². The highest BCUT2D eigenvalue weighted by atomic mass is 16.5. The van der Waals surface area contributed by atoms with Crippen LogP contribution in [0.4, 0.5) is 0 Å². The zero-order chi connectivity index (χ0) is 13.7. The molecule has 1 aromatic carbocycles. The van der Waals surface area contributed by atoms with Crippen molar-refractivity contribution >= 4 is 5.97 Å². The van der Waals surface area contributed by atoms with E-state index in [0.29, 0.717) is 11.4 Å². The summed E-state index contributed by atoms with van der Waals surface area (Å²) in [5.74, 6) is 0.233. The molecule has 2 aromatic rings. The summed E-state index contributed by atoms with van der Waals surface area (Å²) in [5.41, 5.74) is 1.49. The van der Waals surface area contributed by atoms with E-state index in [1.807, 2.05) is 31.2 Å². The molecule has 1 atom stereocenters. The summed E-state index contributed by atoms with van der Waals surface area (Å²) in [6.45, 7) is 1.93. The van der Waals surface area contributed by atoms with Gasteiger partial charge in [-0.05, 0) is 30.7 Å². The summed E-state index contributed by atoms with van der Waals surface area (Å²) >= 11 is 0. The lowest BCUT2D eigenvalue weighted by molar-refractivity contribution is 0.0600. The Morgan fingerprint density at radius 3 is 2.47 bits per heavy atom. The molecule has 0 radical (unpaired) electrons. The Balaban J connectivity index is 2.07. The Labute approximate surface area is 112 Å². The Hall–Kier alpha value is -2.36. The van der Waals surface area contributed by atoms with E-state index in [4.69, 9.17) is 4.74 Å². The number of ether oxygens (including phenoxy) is 2. The molecule has 0 aliphatic heterocycles. The van der Waals surface area contributed by atoms with Gasteiger partial charge >= 0.3 is 5.97 Å². The van der Waals surface area contributed by atoms with Crippen LogP contribution in [-0.4, -0.2) is 18.1 Å². The van der Waals surface area contributed by atoms with Crippen molar-refractivity contribution in [2.45, 2.75) is 13.0 Å². The van der Waals surface area contributed by atoms with Crippen molar-refractivity contribution in [1.82, 2.24) is 4.98 Å². The zero-order valence-electron chi connectivity index (χ0n) is 10.9. The molecule has 19 heavy (non-hydrogen) atoms. The van der Waals surface area contributed by atoms with Crippen molar-refractivity contribution in [3.63, 3.8) is 0 Å². The first-order valence-electron chi connectivity index (χ1n) is 5.96. The predicted octanol–water partition coefficient (Wildman–Crippen LogP) is 3.01. The van der Waals surface area contributed by atoms with Gasteiger partial charge in [-0.2, -0.15) is 0 Å². The van der Waals surface area contributed by atoms with Crippen molar-refractivity contribution in [1.29, 1.82) is 0 Å². The number of esters is 1. The molecule has 1 unspecified atom stereocenters. The number of hydrogen-bond donors (Lipinski definition) is 0. The van der Waals surface area contributed by atoms with E-state index in [0.717, 1.165) is 5.56 Å². The molecule has 98 valence electrons. The largest absolute Gasteiger partial charge is 0.470 e. The minimum atomic E-state index is -0.343. The average Bonchev–Trinajstić information content (AvgIpc) is 2.47. The molecule has 0 aliphatic rings. The summed E-state index contributed by atoms with van der Waals surface area (Å²) in [5, 5.41) is 0. The first kappa shape index (κ1) is 13.1. The first-order valence-corrected chi connectivity index (χ1v) is 5.96. The molecule has 1 heterocycles. The summed E-state index contributed by atoms with van der Waals surface area (Å²) in [6, 6.07) is 12.6. The highest BCUT2D eigenvalue weighted by Gasteiger charge is 2.10. The SMILES string of the molecule is COC(=O)c1ccc(C(C)Oc2ccccn2)cc1. The van der Waals surface area contributed by atoms with Crippen LogP contribution in [0.2, 0.25) is 0 Å². The molecule has 0 fully saturated rings. The minimum Gasteiger partial charge on any atom is -0.470 e. The zero-order valence-corrected chi connectivity index (χ0v) is 10.9. The maximum absolute atomic E-state index is 11.3. The van der Waals surface area contributed by atoms with Gasteiger partial charge in [0.1, 0.15) is 6.10 Å². The van der Waals surface area contributed by atoms with Crippen molar-refractivity contribution < 1.29 is 14.3 Å². The van der Waals surface area contributed by atoms with Crippen molar-refractivity contribution in [2.24, 2.45) is 0 Å². The third-order valence-electron chi connectivity index (χ3n) is 2.74. The van der Waals surface area contributed by atoms with E-state index >= 15 is 0 Å². The number of hydrogen-bond acceptors (Lipinski definition) is 4. The van der Waals surface area contributed by atoms with Crippen LogP contribution in [-0.2, 0) is 4.74 Å². The monoisotopic (exact) mass is 257 g/mol. The molecular weight excluding hydrogens is 242 g/mol. The maximum Gasteiger partial charge on any atom is 0.337 e. The summed E-state index contributed by atoms with van der Waals surface area (Å²) in [6.07, 6.45) is 1.55. The summed E-state index contributed by atoms with van der Waals surface area (Å²) < 4.78 is 10.4. The van der Waals surface area contributed by atoms with Crippen LogP contribution in [0.25, 0.3) is 0 Å². The number of methoxy groups -OCH3 is 1. The number of carbonyl (C=O) groups excluding carboxylic acids is 1. The maximum atomic E-state index is 11.3. The number of pyridine rings is 1. The summed E-state index contributed by atoms with van der Waals surface area (Å²) in [4.78, 5) is 15.4. The van der Waals surface area contributed by atoms with Crippen LogP contribution < -0.4 is 4.74 Å². The van der Waals surface area contributed by atoms with Crippen molar-refractivity contribution in [3.05, 3.63) is 59.8 Å². The van der Waals surface area contributed by atoms with E-state index in [2.05, 4.69) is 9.72 Å². The van der Waals surface area contributed by atoms with E-state index in [9.17, 15) is 4.79 Å². The fourth-order valence-corrected chi connectivity index (χ4v) is 1.67. The number of carbonyl (C=O) groups is 1. The number of benzene rings is 1. The molecule has 1 aromatic heterocycles. The molecule has 0 saturated heterocycles. The predicted molar refractivity (Wildman–Crippen MR) is 71.1 cm³/mol. The van der Waals surface area contributed by atoms with Crippen molar-refractivity contribution in [3.8, 4) is 5.88 Å². The third kappa shape index (κ3) is 3.31. The smallest absolute Gasteiger partial charge is 0.337 e. The van der Waals surface area contributed by atoms with Crippen LogP contribution in [0.1, 0.15) is 28.9 Å². The molecule has 4 heteroatoms. The van der Waals surface area contributed by atoms with Gasteiger partial charge in [-0.1, -0.05) is 18.2 Å². The lowest BCUT2D eigenvalue weighted by Gasteiger charge is -2.14. The van der Waals surface area contributed by atoms with Gasteiger partial charge < -0.3 is 9.47 Å². The minimum absolute atomic E-state index is 0.137. The normalized spacial score (nSPS) is 11.7. The Morgan fingerprint density at radius 2 is 1.89 bits per heavy atom. The topological polar surface area (TPSA) is 48.4 Å². The standard InChI is InChI=1S/C15H15NO3/c1-11(19-14-5-3-4-10-16-14)12-6-8-13(9-7-12)15(17)18-2/h3-11H,1-2H3. The Bertz CT molecular complexity index is 537. The van der Waals surface area contributed by atoms with E-state index in [1.165, 1.54) is 7.11 Å². The van der Waals surface area contributed by atoms with Gasteiger partial charge in [0.15, 0.2) is 0 Å². The fraction of sp³-hybridized carbons (Fsp3) is 0.200. The Kier molecular flexibility index (Phi) is 4.13. The van der Waals surface area contributed by atoms with E-state index in [-0.39, 0.29) is 12.1 Å². The molecule has 0 spiro atoms. The second kappa shape index (κ2) is 6.00. The van der Waals surface area contributed by atoms with Crippen LogP contribution in [0.5, 0.6) is 5.88 Å². The van der Waals surface area contributed by atoms with Crippen LogP contribution in [0, 0.1) is 0 Å². The average molecular weight is 257 g/mol. The molecule has 0 N–H and O–H groups in total. The van der Waals surface area contributed by atoms with Gasteiger partial charge in [-0.15, -0.1) is 0 Å². The first-order chi connectivity index (χ1) is 9.20. The molecule has 4 nitrogen and oxygen atoms in total. The van der Waals surface area contributed by atoms with Crippen LogP contribution in [0.15, 0.2) is 48.7 Å². The third-order valence-corrected chi connectivity index (χ3v) is 2.74. The highest BCUT2D eigenvalue weighted by molar-refractivity contribution is 5.89. The van der Waals surface area contributed by atoms with Crippen molar-refractivity contribution in [2.75, 3.05) is 7.11 Å².